The fourth-order valence-corrected chi connectivity index (χ4v) is 2.04. The zero-order valence-electron chi connectivity index (χ0n) is 12.2. The van der Waals surface area contributed by atoms with Gasteiger partial charge in [0.2, 0.25) is 0 Å². The van der Waals surface area contributed by atoms with Crippen LogP contribution in [0.3, 0.4) is 0 Å². The van der Waals surface area contributed by atoms with E-state index in [0.29, 0.717) is 5.82 Å². The van der Waals surface area contributed by atoms with Crippen LogP contribution in [0.4, 0.5) is 0 Å². The minimum Gasteiger partial charge on any atom is -0.382 e. The minimum absolute atomic E-state index is 0.447. The van der Waals surface area contributed by atoms with E-state index in [1.54, 1.807) is 20.0 Å². The molecule has 0 amide bonds. The molecule has 0 saturated carbocycles. The first-order valence-corrected chi connectivity index (χ1v) is 6.44. The van der Waals surface area contributed by atoms with Crippen molar-refractivity contribution < 1.29 is 5.11 Å². The summed E-state index contributed by atoms with van der Waals surface area (Å²) in [6, 6.07) is 6.06. The molecule has 0 bridgehead atoms. The molecule has 1 aromatic carbocycles. The number of rotatable bonds is 2. The molecule has 1 N–H and O–H groups in total. The predicted molar refractivity (Wildman–Crippen MR) is 76.9 cm³/mol. The van der Waals surface area contributed by atoms with Gasteiger partial charge in [-0.1, -0.05) is 12.1 Å². The van der Waals surface area contributed by atoms with Crippen molar-refractivity contribution in [3.05, 3.63) is 46.9 Å². The summed E-state index contributed by atoms with van der Waals surface area (Å²) in [6.07, 6.45) is 1.70. The van der Waals surface area contributed by atoms with Crippen molar-refractivity contribution in [2.24, 2.45) is 0 Å². The molecule has 1 aromatic heterocycles. The molecule has 0 aliphatic rings. The summed E-state index contributed by atoms with van der Waals surface area (Å²) >= 11 is 0. The molecule has 0 unspecified atom stereocenters. The zero-order valence-corrected chi connectivity index (χ0v) is 12.2. The first-order chi connectivity index (χ1) is 8.80. The van der Waals surface area contributed by atoms with Crippen LogP contribution in [0.5, 0.6) is 0 Å². The molecule has 2 aromatic rings. The molecule has 0 radical (unpaired) electrons. The van der Waals surface area contributed by atoms with Crippen molar-refractivity contribution in [2.45, 2.75) is 40.2 Å². The topological polar surface area (TPSA) is 46.0 Å². The van der Waals surface area contributed by atoms with Crippen molar-refractivity contribution in [1.29, 1.82) is 0 Å². The van der Waals surface area contributed by atoms with Crippen LogP contribution in [0, 0.1) is 20.8 Å². The summed E-state index contributed by atoms with van der Waals surface area (Å²) in [6.45, 7) is 9.71. The number of nitrogens with zero attached hydrogens (tertiary/aromatic N) is 2. The molecule has 0 spiro atoms. The fourth-order valence-electron chi connectivity index (χ4n) is 2.04. The van der Waals surface area contributed by atoms with Gasteiger partial charge in [-0.3, -0.25) is 0 Å². The SMILES string of the molecule is Cc1ccc(-c2ccnc(C(C)(C)O)n2)c(C)c1C. The molecular weight excluding hydrogens is 236 g/mol. The fraction of sp³-hybridized carbons (Fsp3) is 0.375. The smallest absolute Gasteiger partial charge is 0.159 e. The lowest BCUT2D eigenvalue weighted by atomic mass is 9.96. The average Bonchev–Trinajstić information content (AvgIpc) is 2.35. The molecule has 0 aliphatic carbocycles. The highest BCUT2D eigenvalue weighted by Gasteiger charge is 2.20. The second kappa shape index (κ2) is 4.74. The predicted octanol–water partition coefficient (Wildman–Crippen LogP) is 3.30. The van der Waals surface area contributed by atoms with Crippen LogP contribution < -0.4 is 0 Å². The van der Waals surface area contributed by atoms with Crippen LogP contribution >= 0.6 is 0 Å². The third-order valence-corrected chi connectivity index (χ3v) is 3.54. The van der Waals surface area contributed by atoms with Crippen molar-refractivity contribution in [2.75, 3.05) is 0 Å². The summed E-state index contributed by atoms with van der Waals surface area (Å²) in [5, 5.41) is 10.0. The van der Waals surface area contributed by atoms with Gasteiger partial charge in [-0.15, -0.1) is 0 Å². The number of benzene rings is 1. The van der Waals surface area contributed by atoms with Gasteiger partial charge in [0.1, 0.15) is 5.60 Å². The van der Waals surface area contributed by atoms with E-state index in [1.807, 2.05) is 6.07 Å². The molecule has 2 rings (SSSR count). The summed E-state index contributed by atoms with van der Waals surface area (Å²) in [7, 11) is 0. The number of hydrogen-bond donors (Lipinski definition) is 1. The molecule has 19 heavy (non-hydrogen) atoms. The lowest BCUT2D eigenvalue weighted by molar-refractivity contribution is 0.0688. The Kier molecular flexibility index (Phi) is 3.42. The summed E-state index contributed by atoms with van der Waals surface area (Å²) in [5.74, 6) is 0.447. The Morgan fingerprint density at radius 1 is 1.00 bits per heavy atom. The van der Waals surface area contributed by atoms with Crippen LogP contribution in [0.25, 0.3) is 11.3 Å². The maximum Gasteiger partial charge on any atom is 0.159 e. The van der Waals surface area contributed by atoms with Crippen LogP contribution in [0.2, 0.25) is 0 Å². The van der Waals surface area contributed by atoms with Crippen LogP contribution in [0.15, 0.2) is 24.4 Å². The van der Waals surface area contributed by atoms with E-state index in [2.05, 4.69) is 42.9 Å². The van der Waals surface area contributed by atoms with Gasteiger partial charge in [-0.05, 0) is 57.4 Å². The third-order valence-electron chi connectivity index (χ3n) is 3.54. The lowest BCUT2D eigenvalue weighted by Gasteiger charge is -2.17. The molecule has 3 heteroatoms. The van der Waals surface area contributed by atoms with E-state index in [1.165, 1.54) is 16.7 Å². The summed E-state index contributed by atoms with van der Waals surface area (Å²) in [4.78, 5) is 8.63. The van der Waals surface area contributed by atoms with Gasteiger partial charge in [-0.2, -0.15) is 0 Å². The average molecular weight is 256 g/mol. The van der Waals surface area contributed by atoms with E-state index in [0.717, 1.165) is 11.3 Å². The number of aromatic nitrogens is 2. The highest BCUT2D eigenvalue weighted by molar-refractivity contribution is 5.65. The Labute approximate surface area is 114 Å². The number of aliphatic hydroxyl groups is 1. The zero-order chi connectivity index (χ0) is 14.2. The largest absolute Gasteiger partial charge is 0.382 e. The van der Waals surface area contributed by atoms with Crippen molar-refractivity contribution in [3.8, 4) is 11.3 Å². The maximum atomic E-state index is 10.0. The summed E-state index contributed by atoms with van der Waals surface area (Å²) in [5.41, 5.74) is 4.70. The first kappa shape index (κ1) is 13.7. The van der Waals surface area contributed by atoms with Crippen LogP contribution in [-0.4, -0.2) is 15.1 Å². The van der Waals surface area contributed by atoms with E-state index in [-0.39, 0.29) is 0 Å². The van der Waals surface area contributed by atoms with Crippen molar-refractivity contribution >= 4 is 0 Å². The first-order valence-electron chi connectivity index (χ1n) is 6.44. The Bertz CT molecular complexity index is 613. The van der Waals surface area contributed by atoms with Gasteiger partial charge in [0, 0.05) is 11.8 Å². The van der Waals surface area contributed by atoms with Gasteiger partial charge in [-0.25, -0.2) is 9.97 Å². The van der Waals surface area contributed by atoms with Crippen molar-refractivity contribution in [3.63, 3.8) is 0 Å². The number of hydrogen-bond acceptors (Lipinski definition) is 3. The van der Waals surface area contributed by atoms with Crippen LogP contribution in [-0.2, 0) is 5.60 Å². The molecule has 0 aliphatic heterocycles. The highest BCUT2D eigenvalue weighted by atomic mass is 16.3. The Morgan fingerprint density at radius 3 is 2.32 bits per heavy atom. The van der Waals surface area contributed by atoms with Crippen molar-refractivity contribution in [1.82, 2.24) is 9.97 Å². The lowest BCUT2D eigenvalue weighted by Crippen LogP contribution is -2.19. The molecule has 0 atom stereocenters. The maximum absolute atomic E-state index is 10.0. The Hall–Kier alpha value is -1.74. The molecule has 0 fully saturated rings. The molecular formula is C16H20N2O. The van der Waals surface area contributed by atoms with Gasteiger partial charge < -0.3 is 5.11 Å². The molecule has 0 saturated heterocycles. The monoisotopic (exact) mass is 256 g/mol. The quantitative estimate of drug-likeness (QED) is 0.896. The van der Waals surface area contributed by atoms with E-state index >= 15 is 0 Å². The van der Waals surface area contributed by atoms with Gasteiger partial charge in [0.15, 0.2) is 5.82 Å². The minimum atomic E-state index is -1.02. The van der Waals surface area contributed by atoms with E-state index < -0.39 is 5.60 Å². The third kappa shape index (κ3) is 2.66. The Balaban J connectivity index is 2.57. The number of aryl methyl sites for hydroxylation is 1. The van der Waals surface area contributed by atoms with E-state index in [4.69, 9.17) is 0 Å². The van der Waals surface area contributed by atoms with Gasteiger partial charge >= 0.3 is 0 Å². The standard InChI is InChI=1S/C16H20N2O/c1-10-6-7-13(12(3)11(10)2)14-8-9-17-15(18-14)16(4,5)19/h6-9,19H,1-5H3. The molecule has 1 heterocycles. The van der Waals surface area contributed by atoms with Gasteiger partial charge in [0.05, 0.1) is 5.69 Å². The highest BCUT2D eigenvalue weighted by Crippen LogP contribution is 2.27. The summed E-state index contributed by atoms with van der Waals surface area (Å²) < 4.78 is 0. The van der Waals surface area contributed by atoms with Gasteiger partial charge in [0.25, 0.3) is 0 Å². The molecule has 3 nitrogen and oxygen atoms in total. The van der Waals surface area contributed by atoms with E-state index in [9.17, 15) is 5.11 Å². The second-order valence-electron chi connectivity index (χ2n) is 5.50. The molecule has 100 valence electrons. The normalized spacial score (nSPS) is 11.7. The Morgan fingerprint density at radius 2 is 1.68 bits per heavy atom. The van der Waals surface area contributed by atoms with Crippen LogP contribution in [0.1, 0.15) is 36.4 Å². The second-order valence-corrected chi connectivity index (χ2v) is 5.50.